The Bertz CT molecular complexity index is 1040. The van der Waals surface area contributed by atoms with Crippen molar-refractivity contribution in [2.24, 2.45) is 0 Å². The summed E-state index contributed by atoms with van der Waals surface area (Å²) in [7, 11) is 0. The summed E-state index contributed by atoms with van der Waals surface area (Å²) < 4.78 is 52.8. The van der Waals surface area contributed by atoms with E-state index in [0.717, 1.165) is 42.5 Å². The number of amides is 1. The van der Waals surface area contributed by atoms with E-state index < -0.39 is 23.1 Å². The Kier molecular flexibility index (Phi) is 6.45. The molecular formula is C22H24ClF4N3O2. The van der Waals surface area contributed by atoms with Crippen molar-refractivity contribution in [3.8, 4) is 0 Å². The number of hydrogen-bond acceptors (Lipinski definition) is 4. The molecule has 2 atom stereocenters. The number of rotatable bonds is 5. The van der Waals surface area contributed by atoms with Crippen molar-refractivity contribution < 1.29 is 27.5 Å². The monoisotopic (exact) mass is 473 g/mol. The van der Waals surface area contributed by atoms with Crippen LogP contribution in [0.3, 0.4) is 0 Å². The van der Waals surface area contributed by atoms with Crippen LogP contribution in [-0.2, 0) is 6.18 Å². The average molecular weight is 474 g/mol. The van der Waals surface area contributed by atoms with Gasteiger partial charge < -0.3 is 15.7 Å². The zero-order chi connectivity index (χ0) is 22.6. The highest BCUT2D eigenvalue weighted by Gasteiger charge is 2.42. The number of aliphatic hydroxyl groups is 1. The highest BCUT2D eigenvalue weighted by Crippen LogP contribution is 2.56. The normalized spacial score (nSPS) is 19.3. The topological polar surface area (TPSA) is 74.2 Å². The van der Waals surface area contributed by atoms with Crippen molar-refractivity contribution in [3.05, 3.63) is 52.5 Å². The molecule has 1 saturated carbocycles. The maximum absolute atomic E-state index is 13.6. The zero-order valence-electron chi connectivity index (χ0n) is 17.5. The molecule has 10 heteroatoms. The Morgan fingerprint density at radius 3 is 2.47 bits per heavy atom. The molecule has 2 aliphatic carbocycles. The van der Waals surface area contributed by atoms with Gasteiger partial charge in [-0.15, -0.1) is 12.4 Å². The number of aliphatic hydroxyl groups excluding tert-OH is 1. The van der Waals surface area contributed by atoms with Gasteiger partial charge in [0.25, 0.3) is 5.91 Å². The van der Waals surface area contributed by atoms with Gasteiger partial charge in [-0.1, -0.05) is 0 Å². The lowest BCUT2D eigenvalue weighted by Crippen LogP contribution is -2.46. The Balaban J connectivity index is 0.00000289. The number of anilines is 2. The summed E-state index contributed by atoms with van der Waals surface area (Å²) in [4.78, 5) is 17.2. The summed E-state index contributed by atoms with van der Waals surface area (Å²) in [5.74, 6) is -0.951. The van der Waals surface area contributed by atoms with Crippen LogP contribution in [0.5, 0.6) is 0 Å². The number of halogens is 5. The summed E-state index contributed by atoms with van der Waals surface area (Å²) >= 11 is 0. The highest BCUT2D eigenvalue weighted by atomic mass is 35.5. The lowest BCUT2D eigenvalue weighted by molar-refractivity contribution is -0.139. The molecule has 3 N–H and O–H groups in total. The number of benzene rings is 1. The van der Waals surface area contributed by atoms with Crippen LogP contribution in [0.2, 0.25) is 0 Å². The van der Waals surface area contributed by atoms with Gasteiger partial charge in [-0.2, -0.15) is 13.2 Å². The Labute approximate surface area is 189 Å². The number of carbonyl (C=O) groups excluding carboxylic acids is 1. The number of carbonyl (C=O) groups is 1. The summed E-state index contributed by atoms with van der Waals surface area (Å²) in [6, 6.07) is 2.73. The number of hydrogen-bond donors (Lipinski definition) is 3. The van der Waals surface area contributed by atoms with E-state index in [9.17, 15) is 27.5 Å². The van der Waals surface area contributed by atoms with Crippen molar-refractivity contribution in [1.82, 2.24) is 10.3 Å². The van der Waals surface area contributed by atoms with Crippen molar-refractivity contribution in [2.45, 2.75) is 56.7 Å². The number of aromatic nitrogens is 1. The Hall–Kier alpha value is -2.39. The first kappa shape index (κ1) is 24.3. The fourth-order valence-corrected chi connectivity index (χ4v) is 4.55. The molecule has 0 spiro atoms. The third-order valence-electron chi connectivity index (χ3n) is 6.03. The highest BCUT2D eigenvalue weighted by molar-refractivity contribution is 5.97. The van der Waals surface area contributed by atoms with Crippen LogP contribution < -0.4 is 10.6 Å². The molecule has 0 radical (unpaired) electrons. The molecule has 1 heterocycles. The minimum Gasteiger partial charge on any atom is -0.394 e. The molecule has 1 fully saturated rings. The van der Waals surface area contributed by atoms with E-state index in [0.29, 0.717) is 11.4 Å². The number of pyridine rings is 1. The van der Waals surface area contributed by atoms with Crippen LogP contribution >= 0.6 is 12.4 Å². The zero-order valence-corrected chi connectivity index (χ0v) is 18.3. The van der Waals surface area contributed by atoms with Crippen molar-refractivity contribution in [3.63, 3.8) is 0 Å². The summed E-state index contributed by atoms with van der Waals surface area (Å²) in [6.45, 7) is 3.17. The number of nitrogens with one attached hydrogen (secondary N) is 2. The lowest BCUT2D eigenvalue weighted by Gasteiger charge is -2.26. The third-order valence-corrected chi connectivity index (χ3v) is 6.03. The Morgan fingerprint density at radius 2 is 1.84 bits per heavy atom. The molecule has 32 heavy (non-hydrogen) atoms. The van der Waals surface area contributed by atoms with Crippen LogP contribution in [-0.4, -0.2) is 28.1 Å². The predicted molar refractivity (Wildman–Crippen MR) is 114 cm³/mol. The van der Waals surface area contributed by atoms with Crippen LogP contribution in [0.4, 0.5) is 29.1 Å². The molecule has 2 unspecified atom stereocenters. The van der Waals surface area contributed by atoms with E-state index in [1.54, 1.807) is 13.8 Å². The van der Waals surface area contributed by atoms with Gasteiger partial charge in [-0.25, -0.2) is 9.37 Å². The minimum atomic E-state index is -4.81. The van der Waals surface area contributed by atoms with Gasteiger partial charge in [0.05, 0.1) is 23.3 Å². The molecule has 174 valence electrons. The second-order valence-corrected chi connectivity index (χ2v) is 8.87. The van der Waals surface area contributed by atoms with Gasteiger partial charge >= 0.3 is 6.18 Å². The third kappa shape index (κ3) is 4.41. The van der Waals surface area contributed by atoms with Gasteiger partial charge in [0.2, 0.25) is 0 Å². The van der Waals surface area contributed by atoms with E-state index in [1.165, 1.54) is 12.3 Å². The molecule has 1 amide bonds. The number of nitrogens with zero attached hydrogens (tertiary/aromatic N) is 1. The standard InChI is InChI=1S/C22H23F4N3O2.ClH/c1-21(2,10-30)29-20(31)14-9-27-19(18-12-4-3-11(7-12)17(14)18)28-13-5-6-16(23)15(8-13)22(24,25)26;/h5-6,8-9,11-12,30H,3-4,7,10H2,1-2H3,(H,27,28)(H,29,31);1H. The summed E-state index contributed by atoms with van der Waals surface area (Å²) in [5, 5.41) is 15.1. The second kappa shape index (κ2) is 8.51. The van der Waals surface area contributed by atoms with Gasteiger partial charge in [-0.3, -0.25) is 4.79 Å². The van der Waals surface area contributed by atoms with Crippen molar-refractivity contribution in [1.29, 1.82) is 0 Å². The van der Waals surface area contributed by atoms with Crippen LogP contribution in [0.1, 0.15) is 72.0 Å². The molecule has 0 saturated heterocycles. The molecule has 1 aromatic carbocycles. The molecule has 2 aromatic rings. The number of fused-ring (bicyclic) bond motifs is 5. The van der Waals surface area contributed by atoms with E-state index in [1.807, 2.05) is 0 Å². The molecule has 4 rings (SSSR count). The molecule has 2 bridgehead atoms. The fraction of sp³-hybridized carbons (Fsp3) is 0.455. The van der Waals surface area contributed by atoms with Crippen LogP contribution in [0, 0.1) is 5.82 Å². The van der Waals surface area contributed by atoms with Crippen LogP contribution in [0.15, 0.2) is 24.4 Å². The first-order valence-electron chi connectivity index (χ1n) is 10.1. The molecule has 1 aromatic heterocycles. The van der Waals surface area contributed by atoms with Crippen molar-refractivity contribution in [2.75, 3.05) is 11.9 Å². The lowest BCUT2D eigenvalue weighted by atomic mass is 9.88. The smallest absolute Gasteiger partial charge is 0.394 e. The molecular weight excluding hydrogens is 450 g/mol. The van der Waals surface area contributed by atoms with Gasteiger partial charge in [-0.05, 0) is 68.7 Å². The SMILES string of the molecule is CC(C)(CO)NC(=O)c1cnc(Nc2ccc(F)c(C(F)(F)F)c2)c2c1C1CCC2C1.Cl. The van der Waals surface area contributed by atoms with E-state index in [4.69, 9.17) is 0 Å². The Morgan fingerprint density at radius 1 is 1.19 bits per heavy atom. The van der Waals surface area contributed by atoms with Gasteiger partial charge in [0, 0.05) is 17.4 Å². The second-order valence-electron chi connectivity index (χ2n) is 8.87. The molecule has 2 aliphatic rings. The van der Waals surface area contributed by atoms with Crippen molar-refractivity contribution >= 4 is 29.8 Å². The number of alkyl halides is 3. The first-order valence-corrected chi connectivity index (χ1v) is 10.1. The fourth-order valence-electron chi connectivity index (χ4n) is 4.55. The average Bonchev–Trinajstić information content (AvgIpc) is 3.31. The van der Waals surface area contributed by atoms with Gasteiger partial charge in [0.15, 0.2) is 0 Å². The summed E-state index contributed by atoms with van der Waals surface area (Å²) in [5.41, 5.74) is 0.0365. The maximum Gasteiger partial charge on any atom is 0.419 e. The largest absolute Gasteiger partial charge is 0.419 e. The predicted octanol–water partition coefficient (Wildman–Crippen LogP) is 5.27. The van der Waals surface area contributed by atoms with E-state index in [2.05, 4.69) is 15.6 Å². The minimum absolute atomic E-state index is 0. The quantitative estimate of drug-likeness (QED) is 0.517. The first-order chi connectivity index (χ1) is 14.5. The molecule has 0 aliphatic heterocycles. The van der Waals surface area contributed by atoms with Crippen LogP contribution in [0.25, 0.3) is 0 Å². The molecule has 5 nitrogen and oxygen atoms in total. The van der Waals surface area contributed by atoms with E-state index >= 15 is 0 Å². The maximum atomic E-state index is 13.6. The van der Waals surface area contributed by atoms with E-state index in [-0.39, 0.29) is 42.4 Å². The summed E-state index contributed by atoms with van der Waals surface area (Å²) in [6.07, 6.45) is -0.689. The van der Waals surface area contributed by atoms with Gasteiger partial charge in [0.1, 0.15) is 11.6 Å².